The highest BCUT2D eigenvalue weighted by atomic mass is 16.5. The van der Waals surface area contributed by atoms with Crippen LogP contribution in [0, 0.1) is 0 Å². The first kappa shape index (κ1) is 12.9. The molecule has 0 N–H and O–H groups in total. The quantitative estimate of drug-likeness (QED) is 0.855. The molecule has 0 bridgehead atoms. The van der Waals surface area contributed by atoms with Gasteiger partial charge in [0.1, 0.15) is 0 Å². The van der Waals surface area contributed by atoms with Crippen molar-refractivity contribution >= 4 is 5.95 Å². The number of nitrogens with zero attached hydrogens (tertiary/aromatic N) is 5. The number of piperidine rings is 1. The minimum atomic E-state index is 0.296. The average Bonchev–Trinajstić information content (AvgIpc) is 2.94. The van der Waals surface area contributed by atoms with Gasteiger partial charge in [-0.05, 0) is 19.3 Å². The van der Waals surface area contributed by atoms with E-state index in [0.29, 0.717) is 11.9 Å². The van der Waals surface area contributed by atoms with Crippen LogP contribution in [0.5, 0.6) is 5.88 Å². The molecule has 0 aromatic carbocycles. The highest BCUT2D eigenvalue weighted by Gasteiger charge is 2.27. The molecule has 0 amide bonds. The Bertz CT molecular complexity index is 582. The molecule has 3 rings (SSSR count). The summed E-state index contributed by atoms with van der Waals surface area (Å²) in [5.41, 5.74) is 1.22. The Hall–Kier alpha value is -2.11. The van der Waals surface area contributed by atoms with Crippen LogP contribution in [0.15, 0.2) is 24.7 Å². The topological polar surface area (TPSA) is 56.1 Å². The lowest BCUT2D eigenvalue weighted by atomic mass is 9.98. The van der Waals surface area contributed by atoms with E-state index >= 15 is 0 Å². The average molecular weight is 273 g/mol. The smallest absolute Gasteiger partial charge is 0.229 e. The van der Waals surface area contributed by atoms with E-state index in [1.165, 1.54) is 12.0 Å². The van der Waals surface area contributed by atoms with E-state index in [1.807, 2.05) is 17.9 Å². The maximum atomic E-state index is 5.20. The van der Waals surface area contributed by atoms with Crippen LogP contribution in [-0.4, -0.2) is 33.4 Å². The number of rotatable bonds is 3. The van der Waals surface area contributed by atoms with Crippen molar-refractivity contribution in [1.82, 2.24) is 19.7 Å². The molecule has 2 aromatic heterocycles. The Morgan fingerprint density at radius 3 is 3.00 bits per heavy atom. The van der Waals surface area contributed by atoms with Gasteiger partial charge in [0.2, 0.25) is 11.8 Å². The van der Waals surface area contributed by atoms with E-state index in [-0.39, 0.29) is 0 Å². The van der Waals surface area contributed by atoms with Crippen LogP contribution in [0.2, 0.25) is 0 Å². The van der Waals surface area contributed by atoms with Gasteiger partial charge in [0, 0.05) is 37.6 Å². The van der Waals surface area contributed by atoms with Gasteiger partial charge in [-0.2, -0.15) is 10.1 Å². The van der Waals surface area contributed by atoms with Crippen LogP contribution in [0.4, 0.5) is 5.95 Å². The van der Waals surface area contributed by atoms with Gasteiger partial charge in [-0.25, -0.2) is 4.98 Å². The summed E-state index contributed by atoms with van der Waals surface area (Å²) >= 11 is 0. The van der Waals surface area contributed by atoms with E-state index in [4.69, 9.17) is 4.74 Å². The molecule has 1 unspecified atom stereocenters. The maximum absolute atomic E-state index is 5.20. The Balaban J connectivity index is 1.92. The van der Waals surface area contributed by atoms with Gasteiger partial charge < -0.3 is 9.64 Å². The summed E-state index contributed by atoms with van der Waals surface area (Å²) in [4.78, 5) is 11.1. The maximum Gasteiger partial charge on any atom is 0.229 e. The molecule has 0 saturated carbocycles. The molecule has 106 valence electrons. The van der Waals surface area contributed by atoms with Crippen LogP contribution in [-0.2, 0) is 7.05 Å². The van der Waals surface area contributed by atoms with Crippen molar-refractivity contribution in [2.45, 2.75) is 25.3 Å². The van der Waals surface area contributed by atoms with Crippen molar-refractivity contribution in [3.63, 3.8) is 0 Å². The highest BCUT2D eigenvalue weighted by molar-refractivity contribution is 5.37. The fourth-order valence-corrected chi connectivity index (χ4v) is 2.71. The molecule has 6 heteroatoms. The SMILES string of the molecule is COc1ccnc(N2CCCCC2c2cnn(C)c2)n1. The lowest BCUT2D eigenvalue weighted by Gasteiger charge is -2.35. The van der Waals surface area contributed by atoms with Crippen molar-refractivity contribution in [3.05, 3.63) is 30.2 Å². The Morgan fingerprint density at radius 2 is 2.25 bits per heavy atom. The summed E-state index contributed by atoms with van der Waals surface area (Å²) in [5, 5.41) is 4.28. The van der Waals surface area contributed by atoms with Gasteiger partial charge in [-0.3, -0.25) is 4.68 Å². The highest BCUT2D eigenvalue weighted by Crippen LogP contribution is 2.33. The second kappa shape index (κ2) is 5.48. The van der Waals surface area contributed by atoms with Gasteiger partial charge in [0.15, 0.2) is 0 Å². The minimum Gasteiger partial charge on any atom is -0.481 e. The molecular formula is C14H19N5O. The van der Waals surface area contributed by atoms with Gasteiger partial charge in [0.25, 0.3) is 0 Å². The van der Waals surface area contributed by atoms with Crippen LogP contribution in [0.3, 0.4) is 0 Å². The summed E-state index contributed by atoms with van der Waals surface area (Å²) in [6.45, 7) is 0.965. The number of methoxy groups -OCH3 is 1. The lowest BCUT2D eigenvalue weighted by Crippen LogP contribution is -2.34. The lowest BCUT2D eigenvalue weighted by molar-refractivity contribution is 0.393. The summed E-state index contributed by atoms with van der Waals surface area (Å²) in [7, 11) is 3.57. The number of hydrogen-bond acceptors (Lipinski definition) is 5. The zero-order valence-corrected chi connectivity index (χ0v) is 11.9. The summed E-state index contributed by atoms with van der Waals surface area (Å²) in [6, 6.07) is 2.07. The van der Waals surface area contributed by atoms with Gasteiger partial charge in [-0.15, -0.1) is 0 Å². The van der Waals surface area contributed by atoms with Crippen LogP contribution in [0.1, 0.15) is 30.9 Å². The Morgan fingerprint density at radius 1 is 1.35 bits per heavy atom. The molecule has 3 heterocycles. The van der Waals surface area contributed by atoms with Crippen molar-refractivity contribution in [2.24, 2.45) is 7.05 Å². The molecule has 1 aliphatic heterocycles. The van der Waals surface area contributed by atoms with Gasteiger partial charge in [0.05, 0.1) is 19.3 Å². The molecule has 1 aliphatic rings. The summed E-state index contributed by atoms with van der Waals surface area (Å²) in [6.07, 6.45) is 9.24. The molecule has 1 saturated heterocycles. The van der Waals surface area contributed by atoms with E-state index in [9.17, 15) is 0 Å². The van der Waals surface area contributed by atoms with E-state index in [0.717, 1.165) is 25.3 Å². The van der Waals surface area contributed by atoms with E-state index in [1.54, 1.807) is 19.4 Å². The zero-order valence-electron chi connectivity index (χ0n) is 11.9. The summed E-state index contributed by atoms with van der Waals surface area (Å²) in [5.74, 6) is 1.34. The van der Waals surface area contributed by atoms with Crippen molar-refractivity contribution in [1.29, 1.82) is 0 Å². The fourth-order valence-electron chi connectivity index (χ4n) is 2.71. The fraction of sp³-hybridized carbons (Fsp3) is 0.500. The molecule has 0 aliphatic carbocycles. The third-order valence-corrected chi connectivity index (χ3v) is 3.70. The zero-order chi connectivity index (χ0) is 13.9. The van der Waals surface area contributed by atoms with Crippen LogP contribution < -0.4 is 9.64 Å². The summed E-state index contributed by atoms with van der Waals surface area (Å²) < 4.78 is 7.04. The largest absolute Gasteiger partial charge is 0.481 e. The number of anilines is 1. The number of ether oxygens (including phenoxy) is 1. The van der Waals surface area contributed by atoms with Crippen molar-refractivity contribution in [2.75, 3.05) is 18.6 Å². The number of aryl methyl sites for hydroxylation is 1. The van der Waals surface area contributed by atoms with Crippen LogP contribution in [0.25, 0.3) is 0 Å². The van der Waals surface area contributed by atoms with Crippen LogP contribution >= 0.6 is 0 Å². The first-order chi connectivity index (χ1) is 9.78. The molecule has 2 aromatic rings. The molecule has 0 spiro atoms. The van der Waals surface area contributed by atoms with Crippen molar-refractivity contribution < 1.29 is 4.74 Å². The van der Waals surface area contributed by atoms with Gasteiger partial charge >= 0.3 is 0 Å². The Labute approximate surface area is 118 Å². The van der Waals surface area contributed by atoms with E-state index < -0.39 is 0 Å². The first-order valence-electron chi connectivity index (χ1n) is 6.90. The molecule has 0 radical (unpaired) electrons. The number of hydrogen-bond donors (Lipinski definition) is 0. The molecule has 1 fully saturated rings. The Kier molecular flexibility index (Phi) is 3.54. The minimum absolute atomic E-state index is 0.296. The normalized spacial score (nSPS) is 19.1. The standard InChI is InChI=1S/C14H19N5O/c1-18-10-11(9-16-18)12-5-3-4-8-19(12)14-15-7-6-13(17-14)20-2/h6-7,9-10,12H,3-5,8H2,1-2H3. The van der Waals surface area contributed by atoms with Gasteiger partial charge in [-0.1, -0.05) is 0 Å². The predicted molar refractivity (Wildman–Crippen MR) is 75.7 cm³/mol. The number of aromatic nitrogens is 4. The molecule has 1 atom stereocenters. The van der Waals surface area contributed by atoms with E-state index in [2.05, 4.69) is 26.2 Å². The molecule has 20 heavy (non-hydrogen) atoms. The third-order valence-electron chi connectivity index (χ3n) is 3.70. The molecule has 6 nitrogen and oxygen atoms in total. The second-order valence-electron chi connectivity index (χ2n) is 5.05. The second-order valence-corrected chi connectivity index (χ2v) is 5.05. The first-order valence-corrected chi connectivity index (χ1v) is 6.90. The molecular weight excluding hydrogens is 254 g/mol. The predicted octanol–water partition coefficient (Wildman–Crippen LogP) is 1.95. The third kappa shape index (κ3) is 2.45. The van der Waals surface area contributed by atoms with Crippen molar-refractivity contribution in [3.8, 4) is 5.88 Å². The monoisotopic (exact) mass is 273 g/mol.